The minimum Gasteiger partial charge on any atom is -0.345 e. The third-order valence-corrected chi connectivity index (χ3v) is 5.77. The molecule has 0 aromatic carbocycles. The van der Waals surface area contributed by atoms with Gasteiger partial charge in [-0.2, -0.15) is 4.98 Å². The van der Waals surface area contributed by atoms with Gasteiger partial charge < -0.3 is 9.80 Å². The molecule has 2 amide bonds. The van der Waals surface area contributed by atoms with E-state index in [2.05, 4.69) is 4.98 Å². The first-order chi connectivity index (χ1) is 11.8. The Morgan fingerprint density at radius 1 is 1.28 bits per heavy atom. The highest BCUT2D eigenvalue weighted by atomic mass is 16.2. The molecule has 0 bridgehead atoms. The molecule has 2 aliphatic rings. The van der Waals surface area contributed by atoms with E-state index in [1.165, 1.54) is 4.57 Å². The van der Waals surface area contributed by atoms with E-state index in [0.717, 1.165) is 25.1 Å². The summed E-state index contributed by atoms with van der Waals surface area (Å²) in [6.45, 7) is 4.38. The molecule has 0 N–H and O–H groups in total. The molecule has 2 fully saturated rings. The van der Waals surface area contributed by atoms with Gasteiger partial charge in [-0.05, 0) is 44.6 Å². The van der Waals surface area contributed by atoms with Crippen LogP contribution in [0.1, 0.15) is 30.7 Å². The number of likely N-dealkylation sites (N-methyl/N-ethyl adjacent to an activating group) is 1. The quantitative estimate of drug-likeness (QED) is 0.802. The highest BCUT2D eigenvalue weighted by Crippen LogP contribution is 2.40. The molecule has 2 heterocycles. The number of amides is 2. The van der Waals surface area contributed by atoms with Gasteiger partial charge in [0, 0.05) is 44.5 Å². The summed E-state index contributed by atoms with van der Waals surface area (Å²) in [4.78, 5) is 44.1. The number of fused-ring (bicyclic) bond motifs is 1. The smallest absolute Gasteiger partial charge is 0.345 e. The molecular formula is C18H26N4O3. The Bertz CT molecular complexity index is 757. The fourth-order valence-electron chi connectivity index (χ4n) is 4.22. The van der Waals surface area contributed by atoms with Crippen molar-refractivity contribution in [3.8, 4) is 0 Å². The minimum absolute atomic E-state index is 0.0130. The van der Waals surface area contributed by atoms with Crippen molar-refractivity contribution in [1.29, 1.82) is 0 Å². The lowest BCUT2D eigenvalue weighted by molar-refractivity contribution is -0.135. The highest BCUT2D eigenvalue weighted by Gasteiger charge is 2.42. The zero-order valence-electron chi connectivity index (χ0n) is 15.4. The van der Waals surface area contributed by atoms with E-state index < -0.39 is 0 Å². The molecule has 7 heteroatoms. The Labute approximate surface area is 147 Å². The summed E-state index contributed by atoms with van der Waals surface area (Å²) < 4.78 is 1.42. The van der Waals surface area contributed by atoms with Crippen LogP contribution in [0.25, 0.3) is 0 Å². The third kappa shape index (κ3) is 3.45. The predicted octanol–water partition coefficient (Wildman–Crippen LogP) is 0.575. The van der Waals surface area contributed by atoms with Crippen molar-refractivity contribution in [2.45, 2.75) is 45.7 Å². The van der Waals surface area contributed by atoms with E-state index in [1.54, 1.807) is 29.8 Å². The molecule has 25 heavy (non-hydrogen) atoms. The minimum atomic E-state index is -0.383. The van der Waals surface area contributed by atoms with Crippen molar-refractivity contribution in [1.82, 2.24) is 19.4 Å². The Hall–Kier alpha value is -2.18. The topological polar surface area (TPSA) is 75.5 Å². The van der Waals surface area contributed by atoms with Crippen LogP contribution in [-0.4, -0.2) is 57.8 Å². The van der Waals surface area contributed by atoms with Crippen LogP contribution in [0.3, 0.4) is 0 Å². The van der Waals surface area contributed by atoms with Crippen LogP contribution in [0.5, 0.6) is 0 Å². The number of aromatic nitrogens is 2. The molecule has 1 saturated carbocycles. The maximum atomic E-state index is 12.7. The van der Waals surface area contributed by atoms with E-state index in [0.29, 0.717) is 24.0 Å². The van der Waals surface area contributed by atoms with Crippen LogP contribution >= 0.6 is 0 Å². The van der Waals surface area contributed by atoms with Crippen molar-refractivity contribution >= 4 is 11.8 Å². The second-order valence-corrected chi connectivity index (χ2v) is 7.54. The van der Waals surface area contributed by atoms with Crippen LogP contribution in [0, 0.1) is 25.7 Å². The number of carbonyl (C=O) groups is 2. The Balaban J connectivity index is 1.68. The van der Waals surface area contributed by atoms with Gasteiger partial charge in [0.05, 0.1) is 0 Å². The summed E-state index contributed by atoms with van der Waals surface area (Å²) in [5.74, 6) is 0.950. The number of hydrogen-bond donors (Lipinski definition) is 0. The third-order valence-electron chi connectivity index (χ3n) is 5.77. The second kappa shape index (κ2) is 6.61. The van der Waals surface area contributed by atoms with Crippen LogP contribution in [0.2, 0.25) is 0 Å². The number of aryl methyl sites for hydroxylation is 2. The van der Waals surface area contributed by atoms with Crippen LogP contribution < -0.4 is 5.69 Å². The summed E-state index contributed by atoms with van der Waals surface area (Å²) in [6.07, 6.45) is 2.37. The summed E-state index contributed by atoms with van der Waals surface area (Å²) >= 11 is 0. The summed E-state index contributed by atoms with van der Waals surface area (Å²) in [5.41, 5.74) is 1.02. The van der Waals surface area contributed by atoms with Gasteiger partial charge in [-0.15, -0.1) is 0 Å². The first-order valence-electron chi connectivity index (χ1n) is 8.81. The molecule has 1 aromatic rings. The maximum absolute atomic E-state index is 12.7. The number of carbonyl (C=O) groups excluding carboxylic acids is 2. The number of rotatable bonds is 3. The lowest BCUT2D eigenvalue weighted by Gasteiger charge is -2.31. The zero-order chi connectivity index (χ0) is 18.3. The van der Waals surface area contributed by atoms with Crippen molar-refractivity contribution in [3.63, 3.8) is 0 Å². The first kappa shape index (κ1) is 17.6. The fraction of sp³-hybridized carbons (Fsp3) is 0.667. The van der Waals surface area contributed by atoms with Crippen LogP contribution in [0.4, 0.5) is 0 Å². The summed E-state index contributed by atoms with van der Waals surface area (Å²) in [5, 5.41) is 0. The van der Waals surface area contributed by atoms with Gasteiger partial charge in [-0.25, -0.2) is 4.79 Å². The molecule has 0 spiro atoms. The predicted molar refractivity (Wildman–Crippen MR) is 93.0 cm³/mol. The molecule has 3 rings (SSSR count). The monoisotopic (exact) mass is 346 g/mol. The maximum Gasteiger partial charge on any atom is 0.348 e. The van der Waals surface area contributed by atoms with Gasteiger partial charge in [-0.1, -0.05) is 0 Å². The standard InChI is InChI=1S/C18H26N4O3/c1-11-5-12(2)22(18(25)19-11)10-17(24)21(4)15-6-13-8-16(23)20(3)9-14(13)7-15/h5,13-15H,6-10H2,1-4H3/t13-,14+,15-/m0/s1. The molecule has 7 nitrogen and oxygen atoms in total. The number of piperidine rings is 1. The van der Waals surface area contributed by atoms with Crippen molar-refractivity contribution in [2.24, 2.45) is 11.8 Å². The van der Waals surface area contributed by atoms with Gasteiger partial charge in [0.25, 0.3) is 0 Å². The molecule has 136 valence electrons. The van der Waals surface area contributed by atoms with Crippen molar-refractivity contribution in [2.75, 3.05) is 20.6 Å². The second-order valence-electron chi connectivity index (χ2n) is 7.54. The number of likely N-dealkylation sites (tertiary alicyclic amines) is 1. The lowest BCUT2D eigenvalue weighted by Crippen LogP contribution is -2.40. The molecule has 0 radical (unpaired) electrons. The molecule has 1 saturated heterocycles. The first-order valence-corrected chi connectivity index (χ1v) is 8.81. The average Bonchev–Trinajstić information content (AvgIpc) is 2.93. The average molecular weight is 346 g/mol. The summed E-state index contributed by atoms with van der Waals surface area (Å²) in [6, 6.07) is 1.94. The number of hydrogen-bond acceptors (Lipinski definition) is 4. The van der Waals surface area contributed by atoms with Gasteiger partial charge in [0.2, 0.25) is 11.8 Å². The lowest BCUT2D eigenvalue weighted by atomic mass is 9.88. The molecule has 3 atom stereocenters. The number of nitrogens with zero attached hydrogens (tertiary/aromatic N) is 4. The molecule has 1 aromatic heterocycles. The van der Waals surface area contributed by atoms with Gasteiger partial charge >= 0.3 is 5.69 Å². The van der Waals surface area contributed by atoms with Crippen LogP contribution in [0.15, 0.2) is 10.9 Å². The molecule has 1 aliphatic carbocycles. The van der Waals surface area contributed by atoms with Gasteiger partial charge in [-0.3, -0.25) is 14.2 Å². The fourth-order valence-corrected chi connectivity index (χ4v) is 4.22. The molecule has 1 aliphatic heterocycles. The summed E-state index contributed by atoms with van der Waals surface area (Å²) in [7, 11) is 3.65. The Morgan fingerprint density at radius 2 is 1.96 bits per heavy atom. The zero-order valence-corrected chi connectivity index (χ0v) is 15.4. The molecular weight excluding hydrogens is 320 g/mol. The van der Waals surface area contributed by atoms with Gasteiger partial charge in [0.1, 0.15) is 6.54 Å². The Kier molecular flexibility index (Phi) is 4.67. The SMILES string of the molecule is Cc1cc(C)n(CC(=O)N(C)[C@H]2C[C@H]3CC(=O)N(C)C[C@H]3C2)c(=O)n1. The Morgan fingerprint density at radius 3 is 2.64 bits per heavy atom. The molecule has 0 unspecified atom stereocenters. The van der Waals surface area contributed by atoms with Crippen molar-refractivity contribution < 1.29 is 9.59 Å². The van der Waals surface area contributed by atoms with Crippen LogP contribution in [-0.2, 0) is 16.1 Å². The van der Waals surface area contributed by atoms with Crippen molar-refractivity contribution in [3.05, 3.63) is 27.9 Å². The van der Waals surface area contributed by atoms with E-state index in [4.69, 9.17) is 0 Å². The van der Waals surface area contributed by atoms with Gasteiger partial charge in [0.15, 0.2) is 0 Å². The van der Waals surface area contributed by atoms with E-state index in [1.807, 2.05) is 14.0 Å². The van der Waals surface area contributed by atoms with E-state index >= 15 is 0 Å². The highest BCUT2D eigenvalue weighted by molar-refractivity contribution is 5.78. The van der Waals surface area contributed by atoms with E-state index in [-0.39, 0.29) is 30.1 Å². The largest absolute Gasteiger partial charge is 0.348 e. The normalized spacial score (nSPS) is 25.8. The van der Waals surface area contributed by atoms with E-state index in [9.17, 15) is 14.4 Å².